The minimum absolute atomic E-state index is 0.475. The zero-order valence-corrected chi connectivity index (χ0v) is 14.2. The van der Waals surface area contributed by atoms with Gasteiger partial charge in [-0.1, -0.05) is 33.6 Å². The molecule has 1 heterocycles. The molecule has 0 aliphatic heterocycles. The Hall–Kier alpha value is -0.840. The van der Waals surface area contributed by atoms with E-state index >= 15 is 0 Å². The van der Waals surface area contributed by atoms with Gasteiger partial charge in [0.1, 0.15) is 0 Å². The Labute approximate surface area is 132 Å². The van der Waals surface area contributed by atoms with Gasteiger partial charge in [-0.15, -0.1) is 0 Å². The lowest BCUT2D eigenvalue weighted by atomic mass is 9.91. The smallest absolute Gasteiger partial charge is 0.0938 e. The molecule has 0 aliphatic carbocycles. The number of aryl methyl sites for hydroxylation is 2. The molecular weight excluding hydrogens is 340 g/mol. The van der Waals surface area contributed by atoms with E-state index < -0.39 is 5.60 Å². The molecule has 5 heteroatoms. The minimum Gasteiger partial charge on any atom is -0.385 e. The molecular formula is C15H18BrClN2O. The van der Waals surface area contributed by atoms with Crippen molar-refractivity contribution in [2.75, 3.05) is 0 Å². The van der Waals surface area contributed by atoms with Crippen molar-refractivity contribution in [3.8, 4) is 0 Å². The van der Waals surface area contributed by atoms with E-state index in [0.29, 0.717) is 11.4 Å². The van der Waals surface area contributed by atoms with Gasteiger partial charge in [-0.25, -0.2) is 0 Å². The summed E-state index contributed by atoms with van der Waals surface area (Å²) in [7, 11) is 0. The van der Waals surface area contributed by atoms with E-state index in [1.165, 1.54) is 0 Å². The first kappa shape index (κ1) is 15.5. The Morgan fingerprint density at radius 2 is 2.10 bits per heavy atom. The van der Waals surface area contributed by atoms with Crippen LogP contribution in [-0.2, 0) is 18.6 Å². The Kier molecular flexibility index (Phi) is 4.57. The third kappa shape index (κ3) is 3.25. The normalized spacial score (nSPS) is 14.3. The summed E-state index contributed by atoms with van der Waals surface area (Å²) in [6.45, 7) is 6.56. The number of aromatic nitrogens is 2. The number of aliphatic hydroxyl groups is 1. The lowest BCUT2D eigenvalue weighted by molar-refractivity contribution is 0.0555. The summed E-state index contributed by atoms with van der Waals surface area (Å²) in [5, 5.41) is 15.8. The molecule has 20 heavy (non-hydrogen) atoms. The second-order valence-electron chi connectivity index (χ2n) is 5.17. The van der Waals surface area contributed by atoms with Gasteiger partial charge in [-0.3, -0.25) is 4.68 Å². The molecule has 0 saturated heterocycles. The molecule has 2 aromatic rings. The monoisotopic (exact) mass is 356 g/mol. The predicted molar refractivity (Wildman–Crippen MR) is 85.1 cm³/mol. The lowest BCUT2D eigenvalue weighted by Gasteiger charge is -2.25. The number of nitrogens with zero attached hydrogens (tertiary/aromatic N) is 2. The highest BCUT2D eigenvalue weighted by Gasteiger charge is 2.27. The second kappa shape index (κ2) is 5.88. The van der Waals surface area contributed by atoms with Crippen molar-refractivity contribution in [3.63, 3.8) is 0 Å². The van der Waals surface area contributed by atoms with Crippen molar-refractivity contribution in [2.24, 2.45) is 0 Å². The quantitative estimate of drug-likeness (QED) is 0.895. The van der Waals surface area contributed by atoms with E-state index in [2.05, 4.69) is 21.0 Å². The Morgan fingerprint density at radius 3 is 2.70 bits per heavy atom. The molecule has 0 bridgehead atoms. The fraction of sp³-hybridized carbons (Fsp3) is 0.400. The first-order valence-corrected chi connectivity index (χ1v) is 7.72. The first-order valence-electron chi connectivity index (χ1n) is 6.54. The van der Waals surface area contributed by atoms with Crippen molar-refractivity contribution in [1.82, 2.24) is 9.78 Å². The molecule has 0 spiro atoms. The SMILES string of the molecule is CCn1nc(C)cc1CC(C)(O)c1ccc(Br)cc1Cl. The Bertz CT molecular complexity index is 622. The average molecular weight is 358 g/mol. The van der Waals surface area contributed by atoms with Crippen molar-refractivity contribution < 1.29 is 5.11 Å². The minimum atomic E-state index is -1.03. The van der Waals surface area contributed by atoms with Crippen LogP contribution in [0.2, 0.25) is 5.02 Å². The van der Waals surface area contributed by atoms with Crippen LogP contribution in [0.25, 0.3) is 0 Å². The maximum absolute atomic E-state index is 10.8. The molecule has 0 amide bonds. The van der Waals surface area contributed by atoms with Crippen LogP contribution in [0.1, 0.15) is 30.8 Å². The average Bonchev–Trinajstić information content (AvgIpc) is 2.67. The lowest BCUT2D eigenvalue weighted by Crippen LogP contribution is -2.26. The van der Waals surface area contributed by atoms with Gasteiger partial charge in [0.25, 0.3) is 0 Å². The van der Waals surface area contributed by atoms with Gasteiger partial charge < -0.3 is 5.11 Å². The number of hydrogen-bond donors (Lipinski definition) is 1. The standard InChI is InChI=1S/C15H18BrClN2O/c1-4-19-12(7-10(2)18-19)9-15(3,20)13-6-5-11(16)8-14(13)17/h5-8,20H,4,9H2,1-3H3. The van der Waals surface area contributed by atoms with E-state index in [1.807, 2.05) is 36.7 Å². The van der Waals surface area contributed by atoms with Crippen LogP contribution >= 0.6 is 27.5 Å². The Balaban J connectivity index is 2.34. The number of hydrogen-bond acceptors (Lipinski definition) is 2. The molecule has 0 fully saturated rings. The summed E-state index contributed by atoms with van der Waals surface area (Å²) >= 11 is 9.62. The maximum atomic E-state index is 10.8. The third-order valence-corrected chi connectivity index (χ3v) is 4.13. The van der Waals surface area contributed by atoms with Crippen LogP contribution in [0.5, 0.6) is 0 Å². The predicted octanol–water partition coefficient (Wildman–Crippen LogP) is 4.08. The zero-order chi connectivity index (χ0) is 14.9. The highest BCUT2D eigenvalue weighted by Crippen LogP contribution is 2.33. The van der Waals surface area contributed by atoms with Gasteiger partial charge in [0, 0.05) is 33.7 Å². The largest absolute Gasteiger partial charge is 0.385 e. The highest BCUT2D eigenvalue weighted by atomic mass is 79.9. The first-order chi connectivity index (χ1) is 9.33. The van der Waals surface area contributed by atoms with Gasteiger partial charge in [0.05, 0.1) is 11.3 Å². The van der Waals surface area contributed by atoms with Crippen LogP contribution in [0.3, 0.4) is 0 Å². The van der Waals surface area contributed by atoms with E-state index in [-0.39, 0.29) is 0 Å². The van der Waals surface area contributed by atoms with Gasteiger partial charge >= 0.3 is 0 Å². The van der Waals surface area contributed by atoms with E-state index in [9.17, 15) is 5.11 Å². The van der Waals surface area contributed by atoms with Crippen molar-refractivity contribution in [1.29, 1.82) is 0 Å². The summed E-state index contributed by atoms with van der Waals surface area (Å²) in [4.78, 5) is 0. The number of rotatable bonds is 4. The zero-order valence-electron chi connectivity index (χ0n) is 11.8. The highest BCUT2D eigenvalue weighted by molar-refractivity contribution is 9.10. The summed E-state index contributed by atoms with van der Waals surface area (Å²) in [5.41, 5.74) is 1.66. The van der Waals surface area contributed by atoms with Crippen molar-refractivity contribution in [3.05, 3.63) is 50.7 Å². The van der Waals surface area contributed by atoms with Gasteiger partial charge in [0.15, 0.2) is 0 Å². The Morgan fingerprint density at radius 1 is 1.40 bits per heavy atom. The van der Waals surface area contributed by atoms with Crippen molar-refractivity contribution in [2.45, 2.75) is 39.3 Å². The van der Waals surface area contributed by atoms with Crippen LogP contribution in [-0.4, -0.2) is 14.9 Å². The fourth-order valence-corrected chi connectivity index (χ4v) is 3.27. The van der Waals surface area contributed by atoms with Crippen LogP contribution in [0.4, 0.5) is 0 Å². The number of benzene rings is 1. The topological polar surface area (TPSA) is 38.0 Å². The summed E-state index contributed by atoms with van der Waals surface area (Å²) in [5.74, 6) is 0. The molecule has 0 radical (unpaired) electrons. The maximum Gasteiger partial charge on any atom is 0.0938 e. The van der Waals surface area contributed by atoms with Gasteiger partial charge in [0.2, 0.25) is 0 Å². The molecule has 1 N–H and O–H groups in total. The third-order valence-electron chi connectivity index (χ3n) is 3.32. The van der Waals surface area contributed by atoms with Gasteiger partial charge in [-0.05, 0) is 39.0 Å². The van der Waals surface area contributed by atoms with E-state index in [1.54, 1.807) is 13.0 Å². The summed E-state index contributed by atoms with van der Waals surface area (Å²) in [6, 6.07) is 7.54. The van der Waals surface area contributed by atoms with Crippen molar-refractivity contribution >= 4 is 27.5 Å². The molecule has 3 nitrogen and oxygen atoms in total. The fourth-order valence-electron chi connectivity index (χ4n) is 2.39. The summed E-state index contributed by atoms with van der Waals surface area (Å²) in [6.07, 6.45) is 0.475. The molecule has 1 unspecified atom stereocenters. The molecule has 1 atom stereocenters. The van der Waals surface area contributed by atoms with Crippen LogP contribution < -0.4 is 0 Å². The number of halogens is 2. The molecule has 108 valence electrons. The molecule has 1 aromatic carbocycles. The molecule has 0 aliphatic rings. The van der Waals surface area contributed by atoms with E-state index in [4.69, 9.17) is 11.6 Å². The van der Waals surface area contributed by atoms with Crippen LogP contribution in [0.15, 0.2) is 28.7 Å². The molecule has 2 rings (SSSR count). The molecule has 1 aromatic heterocycles. The molecule has 0 saturated carbocycles. The second-order valence-corrected chi connectivity index (χ2v) is 6.49. The van der Waals surface area contributed by atoms with Gasteiger partial charge in [-0.2, -0.15) is 5.10 Å². The van der Waals surface area contributed by atoms with E-state index in [0.717, 1.165) is 28.0 Å². The van der Waals surface area contributed by atoms with Crippen LogP contribution in [0, 0.1) is 6.92 Å². The summed E-state index contributed by atoms with van der Waals surface area (Å²) < 4.78 is 2.81.